The van der Waals surface area contributed by atoms with E-state index in [-0.39, 0.29) is 6.85 Å². The number of hydrogen-bond donors (Lipinski definition) is 0. The highest BCUT2D eigenvalue weighted by molar-refractivity contribution is 7.99. The predicted molar refractivity (Wildman–Crippen MR) is 191 cm³/mol. The van der Waals surface area contributed by atoms with Gasteiger partial charge in [0.15, 0.2) is 0 Å². The van der Waals surface area contributed by atoms with E-state index in [0.29, 0.717) is 0 Å². The zero-order chi connectivity index (χ0) is 29.1. The van der Waals surface area contributed by atoms with Gasteiger partial charge in [0.2, 0.25) is 0 Å². The van der Waals surface area contributed by atoms with Gasteiger partial charge in [-0.15, -0.1) is 23.5 Å². The lowest BCUT2D eigenvalue weighted by Gasteiger charge is -2.40. The van der Waals surface area contributed by atoms with Crippen molar-refractivity contribution < 1.29 is 4.42 Å². The highest BCUT2D eigenvalue weighted by Gasteiger charge is 2.44. The van der Waals surface area contributed by atoms with Crippen molar-refractivity contribution in [2.75, 3.05) is 17.4 Å². The zero-order valence-corrected chi connectivity index (χ0v) is 25.8. The smallest absolute Gasteiger partial charge is 0.333 e. The topological polar surface area (TPSA) is 21.3 Å². The van der Waals surface area contributed by atoms with E-state index >= 15 is 0 Å². The summed E-state index contributed by atoms with van der Waals surface area (Å²) >= 11 is 3.62. The van der Waals surface area contributed by atoms with Crippen LogP contribution in [0.15, 0.2) is 129 Å². The van der Waals surface area contributed by atoms with Gasteiger partial charge >= 0.3 is 6.85 Å². The van der Waals surface area contributed by atoms with E-state index in [2.05, 4.69) is 137 Å². The van der Waals surface area contributed by atoms with Crippen molar-refractivity contribution in [1.82, 2.24) is 4.48 Å². The second-order valence-corrected chi connectivity index (χ2v) is 13.3. The number of anilines is 3. The second kappa shape index (κ2) is 9.01. The molecule has 0 bridgehead atoms. The quantitative estimate of drug-likeness (QED) is 0.149. The first-order valence-electron chi connectivity index (χ1n) is 14.9. The Morgan fingerprint density at radius 2 is 1.43 bits per heavy atom. The van der Waals surface area contributed by atoms with Crippen LogP contribution in [0.2, 0.25) is 0 Å². The Morgan fingerprint density at radius 3 is 2.30 bits per heavy atom. The molecule has 2 aliphatic heterocycles. The molecule has 0 atom stereocenters. The number of thioether (sulfide) groups is 2. The highest BCUT2D eigenvalue weighted by Crippen LogP contribution is 2.51. The number of hydrogen-bond acceptors (Lipinski definition) is 4. The van der Waals surface area contributed by atoms with Crippen LogP contribution in [0.4, 0.5) is 17.1 Å². The summed E-state index contributed by atoms with van der Waals surface area (Å²) in [4.78, 5) is 5.01. The summed E-state index contributed by atoms with van der Waals surface area (Å²) in [6.07, 6.45) is 4.36. The van der Waals surface area contributed by atoms with Gasteiger partial charge in [0.1, 0.15) is 11.2 Å². The summed E-state index contributed by atoms with van der Waals surface area (Å²) in [6, 6.07) is 42.3. The third kappa shape index (κ3) is 3.07. The molecule has 0 saturated carbocycles. The Morgan fingerprint density at radius 1 is 0.636 bits per heavy atom. The predicted octanol–water partition coefficient (Wildman–Crippen LogP) is 9.56. The number of fused-ring (bicyclic) bond motifs is 11. The van der Waals surface area contributed by atoms with Crippen LogP contribution in [0, 0.1) is 0 Å². The number of rotatable bonds is 3. The van der Waals surface area contributed by atoms with Gasteiger partial charge in [-0.05, 0) is 72.0 Å². The van der Waals surface area contributed by atoms with E-state index in [1.54, 1.807) is 11.8 Å². The summed E-state index contributed by atoms with van der Waals surface area (Å²) in [7, 11) is 0. The SMILES string of the molecule is CSc1ccc2c3ccc(SC)c4c3n(c2c1)B1c2ccccc2N(c2ccccc2)c2cc3c(oc5ccccc53)c-4c21. The van der Waals surface area contributed by atoms with Crippen molar-refractivity contribution >= 4 is 102 Å². The minimum atomic E-state index is -0.00418. The first-order valence-corrected chi connectivity index (χ1v) is 17.3. The fourth-order valence-corrected chi connectivity index (χ4v) is 8.85. The molecular formula is C38H25BN2OS2. The summed E-state index contributed by atoms with van der Waals surface area (Å²) in [6.45, 7) is -0.00418. The van der Waals surface area contributed by atoms with Crippen LogP contribution >= 0.6 is 23.5 Å². The zero-order valence-electron chi connectivity index (χ0n) is 24.2. The Hall–Kier alpha value is -4.52. The average Bonchev–Trinajstić information content (AvgIpc) is 3.62. The maximum atomic E-state index is 6.87. The number of aromatic nitrogens is 1. The maximum absolute atomic E-state index is 6.87. The summed E-state index contributed by atoms with van der Waals surface area (Å²) < 4.78 is 9.51. The van der Waals surface area contributed by atoms with Gasteiger partial charge in [0, 0.05) is 70.6 Å². The van der Waals surface area contributed by atoms with Crippen molar-refractivity contribution in [3.05, 3.63) is 115 Å². The van der Waals surface area contributed by atoms with Crippen LogP contribution in [0.3, 0.4) is 0 Å². The van der Waals surface area contributed by atoms with E-state index in [9.17, 15) is 0 Å². The number of benzene rings is 6. The van der Waals surface area contributed by atoms with Gasteiger partial charge in [-0.3, -0.25) is 0 Å². The molecule has 0 N–H and O–H groups in total. The molecule has 3 nitrogen and oxygen atoms in total. The second-order valence-electron chi connectivity index (χ2n) is 11.6. The lowest BCUT2D eigenvalue weighted by molar-refractivity contribution is 0.670. The lowest BCUT2D eigenvalue weighted by atomic mass is 9.45. The van der Waals surface area contributed by atoms with Crippen molar-refractivity contribution in [2.45, 2.75) is 9.79 Å². The summed E-state index contributed by atoms with van der Waals surface area (Å²) in [5.41, 5.74) is 13.2. The molecule has 10 rings (SSSR count). The van der Waals surface area contributed by atoms with Gasteiger partial charge in [0.05, 0.1) is 0 Å². The normalized spacial score (nSPS) is 13.3. The van der Waals surface area contributed by atoms with E-state index in [1.165, 1.54) is 65.0 Å². The molecule has 4 heterocycles. The molecule has 0 amide bonds. The number of para-hydroxylation sites is 3. The minimum Gasteiger partial charge on any atom is -0.455 e. The molecule has 0 fully saturated rings. The lowest BCUT2D eigenvalue weighted by Crippen LogP contribution is -2.56. The molecule has 0 saturated heterocycles. The Kier molecular flexibility index (Phi) is 5.09. The Bertz CT molecular complexity index is 2500. The molecule has 2 aliphatic rings. The molecule has 6 aromatic carbocycles. The third-order valence-corrected chi connectivity index (χ3v) is 11.1. The van der Waals surface area contributed by atoms with Crippen molar-refractivity contribution in [2.24, 2.45) is 0 Å². The first-order chi connectivity index (χ1) is 21.8. The standard InChI is InChI=1S/C38H25BN2OS2/c1-43-23-16-17-24-26-18-19-33(44-2)34-35-36-31(21-27-25-12-6-9-15-32(25)42-38(27)35)40(22-10-4-3-5-11-22)29-14-8-7-13-28(29)39(36)41(37(26)34)30(24)20-23/h3-21H,1-2H3. The third-order valence-electron chi connectivity index (χ3n) is 9.55. The van der Waals surface area contributed by atoms with Gasteiger partial charge in [-0.1, -0.05) is 66.7 Å². The molecule has 0 aliphatic carbocycles. The van der Waals surface area contributed by atoms with Crippen LogP contribution in [-0.2, 0) is 0 Å². The van der Waals surface area contributed by atoms with Crippen molar-refractivity contribution in [3.63, 3.8) is 0 Å². The largest absolute Gasteiger partial charge is 0.455 e. The molecule has 0 spiro atoms. The first kappa shape index (κ1) is 24.9. The van der Waals surface area contributed by atoms with Gasteiger partial charge < -0.3 is 13.8 Å². The molecule has 208 valence electrons. The number of furan rings is 1. The fraction of sp³-hybridized carbons (Fsp3) is 0.0526. The van der Waals surface area contributed by atoms with Crippen LogP contribution in [0.5, 0.6) is 0 Å². The van der Waals surface area contributed by atoms with Crippen LogP contribution < -0.4 is 15.8 Å². The van der Waals surface area contributed by atoms with Crippen molar-refractivity contribution in [3.8, 4) is 11.1 Å². The minimum absolute atomic E-state index is 0.00418. The van der Waals surface area contributed by atoms with Gasteiger partial charge in [-0.2, -0.15) is 0 Å². The average molecular weight is 601 g/mol. The molecule has 2 aromatic heterocycles. The van der Waals surface area contributed by atoms with E-state index in [1.807, 2.05) is 11.8 Å². The van der Waals surface area contributed by atoms with E-state index in [4.69, 9.17) is 4.42 Å². The monoisotopic (exact) mass is 600 g/mol. The summed E-state index contributed by atoms with van der Waals surface area (Å²) in [5.74, 6) is 0. The van der Waals surface area contributed by atoms with Gasteiger partial charge in [-0.25, -0.2) is 0 Å². The molecule has 8 aromatic rings. The Labute approximate surface area is 263 Å². The van der Waals surface area contributed by atoms with Crippen molar-refractivity contribution in [1.29, 1.82) is 0 Å². The van der Waals surface area contributed by atoms with Crippen LogP contribution in [0.25, 0.3) is 54.9 Å². The molecule has 44 heavy (non-hydrogen) atoms. The van der Waals surface area contributed by atoms with E-state index in [0.717, 1.165) is 27.6 Å². The molecule has 0 radical (unpaired) electrons. The van der Waals surface area contributed by atoms with Crippen LogP contribution in [-0.4, -0.2) is 23.8 Å². The Balaban J connectivity index is 1.49. The maximum Gasteiger partial charge on any atom is 0.333 e. The van der Waals surface area contributed by atoms with E-state index < -0.39 is 0 Å². The van der Waals surface area contributed by atoms with Gasteiger partial charge in [0.25, 0.3) is 0 Å². The van der Waals surface area contributed by atoms with Crippen LogP contribution in [0.1, 0.15) is 0 Å². The fourth-order valence-electron chi connectivity index (χ4n) is 7.81. The molecule has 6 heteroatoms. The summed E-state index contributed by atoms with van der Waals surface area (Å²) in [5, 5.41) is 4.90. The molecular weight excluding hydrogens is 575 g/mol. The highest BCUT2D eigenvalue weighted by atomic mass is 32.2. The molecule has 0 unspecified atom stereocenters. The number of nitrogens with zero attached hydrogens (tertiary/aromatic N) is 2.